The fraction of sp³-hybridized carbons (Fsp3) is 0.533. The van der Waals surface area contributed by atoms with E-state index in [4.69, 9.17) is 4.74 Å². The maximum absolute atomic E-state index is 14.0. The van der Waals surface area contributed by atoms with Crippen LogP contribution in [-0.4, -0.2) is 63.5 Å². The van der Waals surface area contributed by atoms with Crippen LogP contribution in [0.15, 0.2) is 36.4 Å². The minimum absolute atomic E-state index is 0.00916. The molecule has 2 aliphatic rings. The SMILES string of the molecule is CC(C)OC(=O)N1c2ccc(C(F)(F)F)cc2[C@@H](N(Cc2cc(C(F)(F)F)cc(C(F)(F)F)c2)c2nnn([C@@H]3CCN(C)C3)n2)C[C@H]1C. The molecule has 262 valence electrons. The van der Waals surface area contributed by atoms with E-state index >= 15 is 0 Å². The second kappa shape index (κ2) is 12.7. The summed E-state index contributed by atoms with van der Waals surface area (Å²) in [5, 5.41) is 12.6. The molecule has 1 amide bonds. The molecule has 0 unspecified atom stereocenters. The van der Waals surface area contributed by atoms with Crippen LogP contribution >= 0.6 is 0 Å². The van der Waals surface area contributed by atoms with Crippen molar-refractivity contribution in [2.75, 3.05) is 29.9 Å². The molecule has 48 heavy (non-hydrogen) atoms. The minimum atomic E-state index is -5.14. The van der Waals surface area contributed by atoms with E-state index in [0.29, 0.717) is 31.6 Å². The van der Waals surface area contributed by atoms with Gasteiger partial charge in [0.2, 0.25) is 0 Å². The highest BCUT2D eigenvalue weighted by Gasteiger charge is 2.42. The van der Waals surface area contributed by atoms with Gasteiger partial charge < -0.3 is 14.5 Å². The number of ether oxygens (including phenoxy) is 1. The van der Waals surface area contributed by atoms with Gasteiger partial charge in [-0.1, -0.05) is 5.10 Å². The predicted molar refractivity (Wildman–Crippen MR) is 154 cm³/mol. The topological polar surface area (TPSA) is 79.6 Å². The number of rotatable bonds is 6. The molecule has 1 fully saturated rings. The Bertz CT molecular complexity index is 1610. The zero-order valence-electron chi connectivity index (χ0n) is 26.2. The number of alkyl halides is 9. The van der Waals surface area contributed by atoms with Crippen LogP contribution < -0.4 is 9.80 Å². The van der Waals surface area contributed by atoms with Crippen LogP contribution in [0.2, 0.25) is 0 Å². The van der Waals surface area contributed by atoms with E-state index in [1.165, 1.54) is 14.6 Å². The van der Waals surface area contributed by atoms with E-state index in [-0.39, 0.29) is 35.7 Å². The normalized spacial score (nSPS) is 20.7. The molecule has 1 aromatic heterocycles. The fourth-order valence-electron chi connectivity index (χ4n) is 6.06. The van der Waals surface area contributed by atoms with Crippen LogP contribution in [0, 0.1) is 0 Å². The number of likely N-dealkylation sites (N-methyl/N-ethyl adjacent to an activating group) is 1. The molecule has 3 heterocycles. The number of aromatic nitrogens is 4. The zero-order chi connectivity index (χ0) is 35.3. The van der Waals surface area contributed by atoms with Gasteiger partial charge in [-0.25, -0.2) is 4.79 Å². The molecule has 1 saturated heterocycles. The lowest BCUT2D eigenvalue weighted by Crippen LogP contribution is -2.47. The number of halogens is 9. The molecule has 9 nitrogen and oxygen atoms in total. The van der Waals surface area contributed by atoms with Gasteiger partial charge >= 0.3 is 24.6 Å². The van der Waals surface area contributed by atoms with E-state index in [1.807, 2.05) is 11.9 Å². The highest BCUT2D eigenvalue weighted by Crippen LogP contribution is 2.45. The largest absolute Gasteiger partial charge is 0.446 e. The summed E-state index contributed by atoms with van der Waals surface area (Å²) in [7, 11) is 1.87. The second-order valence-electron chi connectivity index (χ2n) is 12.3. The van der Waals surface area contributed by atoms with Gasteiger partial charge in [0, 0.05) is 25.7 Å². The Morgan fingerprint density at radius 3 is 2.12 bits per heavy atom. The van der Waals surface area contributed by atoms with Crippen LogP contribution in [0.1, 0.15) is 73.5 Å². The van der Waals surface area contributed by atoms with Crippen molar-refractivity contribution in [1.29, 1.82) is 0 Å². The molecule has 3 atom stereocenters. The van der Waals surface area contributed by atoms with Crippen molar-refractivity contribution < 1.29 is 49.0 Å². The highest BCUT2D eigenvalue weighted by atomic mass is 19.4. The summed E-state index contributed by atoms with van der Waals surface area (Å²) in [6.45, 7) is 5.33. The highest BCUT2D eigenvalue weighted by molar-refractivity contribution is 5.90. The molecule has 0 aliphatic carbocycles. The summed E-state index contributed by atoms with van der Waals surface area (Å²) >= 11 is 0. The van der Waals surface area contributed by atoms with Gasteiger partial charge in [0.15, 0.2) is 0 Å². The lowest BCUT2D eigenvalue weighted by Gasteiger charge is -2.43. The van der Waals surface area contributed by atoms with Gasteiger partial charge in [0.05, 0.1) is 40.6 Å². The standard InChI is InChI=1S/C30H32F9N7O2/c1-16(2)48-27(47)45-17(3)9-25(23-13-19(28(31,32)33)5-6-24(23)45)44(26-40-42-46(41-26)22-7-8-43(4)15-22)14-18-10-20(29(34,35)36)12-21(11-18)30(37,38)39/h5-6,10-13,16-17,22,25H,7-9,14-15H2,1-4H3/t17-,22-,25+/m1/s1. The number of hydrogen-bond acceptors (Lipinski definition) is 7. The number of fused-ring (bicyclic) bond motifs is 1. The molecule has 0 saturated carbocycles. The Labute approximate surface area is 269 Å². The summed E-state index contributed by atoms with van der Waals surface area (Å²) in [4.78, 5) is 18.8. The van der Waals surface area contributed by atoms with Crippen molar-refractivity contribution in [3.63, 3.8) is 0 Å². The van der Waals surface area contributed by atoms with E-state index in [0.717, 1.165) is 18.2 Å². The van der Waals surface area contributed by atoms with Crippen LogP contribution in [-0.2, 0) is 29.8 Å². The summed E-state index contributed by atoms with van der Waals surface area (Å²) in [6, 6.07) is 1.59. The Morgan fingerprint density at radius 1 is 0.958 bits per heavy atom. The summed E-state index contributed by atoms with van der Waals surface area (Å²) < 4.78 is 130. The van der Waals surface area contributed by atoms with Crippen LogP contribution in [0.25, 0.3) is 0 Å². The molecule has 0 N–H and O–H groups in total. The number of anilines is 2. The van der Waals surface area contributed by atoms with Gasteiger partial charge in [-0.15, -0.1) is 5.10 Å². The summed E-state index contributed by atoms with van der Waals surface area (Å²) in [6.07, 6.45) is -16.0. The monoisotopic (exact) mass is 693 g/mol. The third-order valence-corrected chi connectivity index (χ3v) is 8.26. The van der Waals surface area contributed by atoms with Crippen molar-refractivity contribution in [3.05, 3.63) is 64.2 Å². The molecular formula is C30H32F9N7O2. The van der Waals surface area contributed by atoms with Crippen molar-refractivity contribution in [3.8, 4) is 0 Å². The number of tetrazole rings is 1. The number of benzene rings is 2. The van der Waals surface area contributed by atoms with Gasteiger partial charge in [-0.2, -0.15) is 44.3 Å². The van der Waals surface area contributed by atoms with Crippen molar-refractivity contribution >= 4 is 17.7 Å². The number of carbonyl (C=O) groups excluding carboxylic acids is 1. The molecule has 0 radical (unpaired) electrons. The van der Waals surface area contributed by atoms with Crippen LogP contribution in [0.5, 0.6) is 0 Å². The first-order valence-corrected chi connectivity index (χ1v) is 15.0. The Morgan fingerprint density at radius 2 is 1.58 bits per heavy atom. The fourth-order valence-corrected chi connectivity index (χ4v) is 6.06. The first-order valence-electron chi connectivity index (χ1n) is 15.0. The predicted octanol–water partition coefficient (Wildman–Crippen LogP) is 7.50. The second-order valence-corrected chi connectivity index (χ2v) is 12.3. The van der Waals surface area contributed by atoms with Crippen molar-refractivity contribution in [2.45, 2.75) is 82.9 Å². The maximum atomic E-state index is 14.0. The quantitative estimate of drug-likeness (QED) is 0.248. The Hall–Kier alpha value is -4.09. The van der Waals surface area contributed by atoms with E-state index in [2.05, 4.69) is 15.4 Å². The molecule has 5 rings (SSSR count). The summed E-state index contributed by atoms with van der Waals surface area (Å²) in [5.41, 5.74) is -4.70. The Kier molecular flexibility index (Phi) is 9.35. The molecule has 2 aromatic carbocycles. The van der Waals surface area contributed by atoms with Crippen molar-refractivity contribution in [2.24, 2.45) is 0 Å². The van der Waals surface area contributed by atoms with E-state index < -0.39 is 71.6 Å². The minimum Gasteiger partial charge on any atom is -0.446 e. The van der Waals surface area contributed by atoms with E-state index in [1.54, 1.807) is 20.8 Å². The lowest BCUT2D eigenvalue weighted by molar-refractivity contribution is -0.143. The first-order chi connectivity index (χ1) is 22.2. The number of likely N-dealkylation sites (tertiary alicyclic amines) is 1. The smallest absolute Gasteiger partial charge is 0.416 e. The van der Waals surface area contributed by atoms with Crippen LogP contribution in [0.3, 0.4) is 0 Å². The average molecular weight is 694 g/mol. The molecule has 0 bridgehead atoms. The lowest BCUT2D eigenvalue weighted by atomic mass is 9.89. The third kappa shape index (κ3) is 7.47. The third-order valence-electron chi connectivity index (χ3n) is 8.26. The van der Waals surface area contributed by atoms with E-state index in [9.17, 15) is 44.3 Å². The Balaban J connectivity index is 1.68. The van der Waals surface area contributed by atoms with Gasteiger partial charge in [0.1, 0.15) is 0 Å². The average Bonchev–Trinajstić information content (AvgIpc) is 3.62. The molecule has 18 heteroatoms. The van der Waals surface area contributed by atoms with Crippen molar-refractivity contribution in [1.82, 2.24) is 25.1 Å². The van der Waals surface area contributed by atoms with Gasteiger partial charge in [0.25, 0.3) is 5.95 Å². The number of amides is 1. The van der Waals surface area contributed by atoms with Gasteiger partial charge in [-0.05, 0) is 93.4 Å². The maximum Gasteiger partial charge on any atom is 0.416 e. The number of hydrogen-bond donors (Lipinski definition) is 0. The zero-order valence-corrected chi connectivity index (χ0v) is 26.2. The van der Waals surface area contributed by atoms with Gasteiger partial charge in [-0.3, -0.25) is 4.90 Å². The molecule has 3 aromatic rings. The number of nitrogens with zero attached hydrogens (tertiary/aromatic N) is 7. The first kappa shape index (κ1) is 35.2. The number of carbonyl (C=O) groups is 1. The molecule has 0 spiro atoms. The summed E-state index contributed by atoms with van der Waals surface area (Å²) in [5.74, 6) is -0.228. The van der Waals surface area contributed by atoms with Crippen LogP contribution in [0.4, 0.5) is 55.9 Å². The molecular weight excluding hydrogens is 661 g/mol. The molecule has 2 aliphatic heterocycles.